The van der Waals surface area contributed by atoms with Crippen molar-refractivity contribution in [3.63, 3.8) is 0 Å². The van der Waals surface area contributed by atoms with E-state index < -0.39 is 0 Å². The van der Waals surface area contributed by atoms with Crippen molar-refractivity contribution in [2.45, 2.75) is 40.7 Å². The number of benzene rings is 1. The number of aliphatic imine (C=N–C) groups is 1. The Morgan fingerprint density at radius 3 is 2.55 bits per heavy atom. The molecule has 0 saturated heterocycles. The van der Waals surface area contributed by atoms with Gasteiger partial charge in [-0.2, -0.15) is 0 Å². The monoisotopic (exact) mass is 275 g/mol. The fraction of sp³-hybridized carbons (Fsp3) is 0.500. The smallest absolute Gasteiger partial charge is 0.122 e. The maximum Gasteiger partial charge on any atom is 0.122 e. The highest BCUT2D eigenvalue weighted by molar-refractivity contribution is 5.83. The molecule has 0 atom stereocenters. The van der Waals surface area contributed by atoms with E-state index in [-0.39, 0.29) is 6.10 Å². The van der Waals surface area contributed by atoms with Crippen molar-refractivity contribution in [3.05, 3.63) is 28.8 Å². The van der Waals surface area contributed by atoms with Gasteiger partial charge in [0, 0.05) is 13.6 Å². The summed E-state index contributed by atoms with van der Waals surface area (Å²) < 4.78 is 0. The van der Waals surface area contributed by atoms with E-state index >= 15 is 0 Å². The predicted octanol–water partition coefficient (Wildman–Crippen LogP) is 3.67. The molecule has 0 aliphatic carbocycles. The van der Waals surface area contributed by atoms with Crippen LogP contribution < -0.4 is 0 Å². The van der Waals surface area contributed by atoms with Crippen LogP contribution in [0.2, 0.25) is 0 Å². The lowest BCUT2D eigenvalue weighted by Gasteiger charge is -2.10. The molecule has 0 unspecified atom stereocenters. The first-order valence-electron chi connectivity index (χ1n) is 6.99. The molecular weight excluding hydrogens is 250 g/mol. The molecule has 1 aromatic rings. The average Bonchev–Trinajstić information content (AvgIpc) is 2.39. The molecule has 0 aliphatic heterocycles. The van der Waals surface area contributed by atoms with Crippen molar-refractivity contribution in [2.75, 3.05) is 13.6 Å². The van der Waals surface area contributed by atoms with Gasteiger partial charge >= 0.3 is 0 Å². The van der Waals surface area contributed by atoms with Crippen LogP contribution in [0.1, 0.15) is 37.5 Å². The van der Waals surface area contributed by atoms with Gasteiger partial charge < -0.3 is 9.74 Å². The molecule has 0 bridgehead atoms. The van der Waals surface area contributed by atoms with Crippen LogP contribution in [0, 0.1) is 13.8 Å². The van der Waals surface area contributed by atoms with Gasteiger partial charge in [0.2, 0.25) is 0 Å². The Kier molecular flexibility index (Phi) is 6.22. The molecule has 0 amide bonds. The molecule has 110 valence electrons. The lowest BCUT2D eigenvalue weighted by molar-refractivity contribution is 0.0873. The summed E-state index contributed by atoms with van der Waals surface area (Å²) in [5.41, 5.74) is 4.32. The number of hydrogen-bond acceptors (Lipinski definition) is 3. The third-order valence-electron chi connectivity index (χ3n) is 2.94. The zero-order chi connectivity index (χ0) is 15.1. The van der Waals surface area contributed by atoms with Crippen LogP contribution in [0.4, 0.5) is 5.69 Å². The summed E-state index contributed by atoms with van der Waals surface area (Å²) in [5, 5.41) is 3.99. The molecule has 0 N–H and O–H groups in total. The number of hydrogen-bond donors (Lipinski definition) is 0. The highest BCUT2D eigenvalue weighted by Gasteiger charge is 2.02. The molecule has 0 saturated carbocycles. The van der Waals surface area contributed by atoms with E-state index in [1.807, 2.05) is 32.1 Å². The van der Waals surface area contributed by atoms with Gasteiger partial charge in [0.15, 0.2) is 0 Å². The summed E-state index contributed by atoms with van der Waals surface area (Å²) in [5.74, 6) is 0. The maximum atomic E-state index is 5.20. The number of rotatable bonds is 6. The highest BCUT2D eigenvalue weighted by atomic mass is 16.6. The van der Waals surface area contributed by atoms with E-state index in [2.05, 4.69) is 43.1 Å². The van der Waals surface area contributed by atoms with E-state index in [4.69, 9.17) is 4.84 Å². The Balaban J connectivity index is 2.91. The first-order chi connectivity index (χ1) is 9.43. The molecule has 0 aliphatic rings. The molecule has 4 heteroatoms. The van der Waals surface area contributed by atoms with E-state index in [0.717, 1.165) is 28.9 Å². The minimum Gasteiger partial charge on any atom is -0.393 e. The minimum absolute atomic E-state index is 0.0982. The Labute approximate surface area is 122 Å². The van der Waals surface area contributed by atoms with Crippen LogP contribution >= 0.6 is 0 Å². The van der Waals surface area contributed by atoms with Gasteiger partial charge in [0.1, 0.15) is 6.10 Å². The molecule has 1 aromatic carbocycles. The quantitative estimate of drug-likeness (QED) is 0.451. The largest absolute Gasteiger partial charge is 0.393 e. The Morgan fingerprint density at radius 2 is 1.95 bits per heavy atom. The zero-order valence-corrected chi connectivity index (χ0v) is 13.3. The van der Waals surface area contributed by atoms with Crippen molar-refractivity contribution in [2.24, 2.45) is 10.1 Å². The number of aryl methyl sites for hydroxylation is 2. The predicted molar refractivity (Wildman–Crippen MR) is 86.2 cm³/mol. The summed E-state index contributed by atoms with van der Waals surface area (Å²) in [7, 11) is 2.01. The van der Waals surface area contributed by atoms with Gasteiger partial charge in [0.05, 0.1) is 18.2 Å². The minimum atomic E-state index is 0.0982. The molecule has 0 radical (unpaired) electrons. The maximum absolute atomic E-state index is 5.20. The Morgan fingerprint density at radius 1 is 1.25 bits per heavy atom. The van der Waals surface area contributed by atoms with Gasteiger partial charge in [-0.3, -0.25) is 0 Å². The Hall–Kier alpha value is -1.84. The van der Waals surface area contributed by atoms with Crippen molar-refractivity contribution < 1.29 is 4.84 Å². The first-order valence-corrected chi connectivity index (χ1v) is 6.99. The lowest BCUT2D eigenvalue weighted by Crippen LogP contribution is -2.14. The normalized spacial score (nSPS) is 11.8. The molecule has 0 fully saturated rings. The van der Waals surface area contributed by atoms with Crippen molar-refractivity contribution in [3.8, 4) is 0 Å². The summed E-state index contributed by atoms with van der Waals surface area (Å²) in [6.07, 6.45) is 3.71. The van der Waals surface area contributed by atoms with Crippen LogP contribution in [-0.4, -0.2) is 37.1 Å². The van der Waals surface area contributed by atoms with E-state index in [1.165, 1.54) is 0 Å². The second kappa shape index (κ2) is 7.68. The van der Waals surface area contributed by atoms with Gasteiger partial charge in [-0.05, 0) is 63.4 Å². The topological polar surface area (TPSA) is 37.2 Å². The summed E-state index contributed by atoms with van der Waals surface area (Å²) in [6, 6.07) is 4.16. The standard InChI is InChI=1S/C16H25N3O/c1-7-19(6)11-17-16-9-13(4)15(8-14(16)5)10-18-20-12(2)3/h8-12H,7H2,1-6H3/b17-11?,18-10+. The van der Waals surface area contributed by atoms with Crippen molar-refractivity contribution in [1.82, 2.24) is 4.90 Å². The molecule has 20 heavy (non-hydrogen) atoms. The van der Waals surface area contributed by atoms with Gasteiger partial charge in [-0.15, -0.1) is 0 Å². The summed E-state index contributed by atoms with van der Waals surface area (Å²) >= 11 is 0. The summed E-state index contributed by atoms with van der Waals surface area (Å²) in [4.78, 5) is 11.8. The fourth-order valence-electron chi connectivity index (χ4n) is 1.55. The molecular formula is C16H25N3O. The second-order valence-corrected chi connectivity index (χ2v) is 5.20. The molecule has 4 nitrogen and oxygen atoms in total. The van der Waals surface area contributed by atoms with Crippen LogP contribution in [0.15, 0.2) is 22.3 Å². The second-order valence-electron chi connectivity index (χ2n) is 5.20. The average molecular weight is 275 g/mol. The Bertz CT molecular complexity index is 493. The van der Waals surface area contributed by atoms with Gasteiger partial charge in [-0.1, -0.05) is 5.16 Å². The molecule has 1 rings (SSSR count). The van der Waals surface area contributed by atoms with E-state index in [1.54, 1.807) is 6.21 Å². The first kappa shape index (κ1) is 16.2. The fourth-order valence-corrected chi connectivity index (χ4v) is 1.55. The number of oxime groups is 1. The molecule has 0 aromatic heterocycles. The van der Waals surface area contributed by atoms with Gasteiger partial charge in [-0.25, -0.2) is 4.99 Å². The zero-order valence-electron chi connectivity index (χ0n) is 13.3. The van der Waals surface area contributed by atoms with Crippen LogP contribution in [0.3, 0.4) is 0 Å². The summed E-state index contributed by atoms with van der Waals surface area (Å²) in [6.45, 7) is 11.1. The van der Waals surface area contributed by atoms with Gasteiger partial charge in [0.25, 0.3) is 0 Å². The van der Waals surface area contributed by atoms with E-state index in [0.29, 0.717) is 0 Å². The van der Waals surface area contributed by atoms with Crippen LogP contribution in [0.5, 0.6) is 0 Å². The molecule has 0 heterocycles. The third kappa shape index (κ3) is 5.03. The van der Waals surface area contributed by atoms with Crippen LogP contribution in [0.25, 0.3) is 0 Å². The molecule has 0 spiro atoms. The van der Waals surface area contributed by atoms with E-state index in [9.17, 15) is 0 Å². The SMILES string of the molecule is CCN(C)C=Nc1cc(C)c(/C=N/OC(C)C)cc1C. The number of nitrogens with zero attached hydrogens (tertiary/aromatic N) is 3. The van der Waals surface area contributed by atoms with Crippen LogP contribution in [-0.2, 0) is 4.84 Å². The van der Waals surface area contributed by atoms with Crippen molar-refractivity contribution >= 4 is 18.2 Å². The van der Waals surface area contributed by atoms with Crippen molar-refractivity contribution in [1.29, 1.82) is 0 Å². The lowest BCUT2D eigenvalue weighted by atomic mass is 10.0. The third-order valence-corrected chi connectivity index (χ3v) is 2.94. The highest BCUT2D eigenvalue weighted by Crippen LogP contribution is 2.22.